The lowest BCUT2D eigenvalue weighted by Gasteiger charge is -2.14. The van der Waals surface area contributed by atoms with Crippen LogP contribution in [0.4, 0.5) is 17.2 Å². The molecule has 1 N–H and O–H groups in total. The summed E-state index contributed by atoms with van der Waals surface area (Å²) in [7, 11) is 0.674. The van der Waals surface area contributed by atoms with Crippen LogP contribution in [0, 0.1) is 0 Å². The molecule has 152 valence electrons. The van der Waals surface area contributed by atoms with Gasteiger partial charge in [-0.15, -0.1) is 0 Å². The second-order valence-corrected chi connectivity index (χ2v) is 9.30. The van der Waals surface area contributed by atoms with Gasteiger partial charge in [0.1, 0.15) is 5.82 Å². The number of hydrogen-bond acceptors (Lipinski definition) is 6. The summed E-state index contributed by atoms with van der Waals surface area (Å²) in [4.78, 5) is 11.7. The van der Waals surface area contributed by atoms with Gasteiger partial charge in [-0.1, -0.05) is 24.3 Å². The van der Waals surface area contributed by atoms with E-state index in [0.717, 1.165) is 22.3 Å². The summed E-state index contributed by atoms with van der Waals surface area (Å²) in [5, 5.41) is 4.27. The van der Waals surface area contributed by atoms with Crippen molar-refractivity contribution in [3.63, 3.8) is 0 Å². The molecule has 4 aromatic rings. The summed E-state index contributed by atoms with van der Waals surface area (Å²) < 4.78 is 23.9. The number of anilines is 3. The fraction of sp³-hybridized carbons (Fsp3) is 0.130. The van der Waals surface area contributed by atoms with Crippen LogP contribution in [0.5, 0.6) is 0 Å². The normalized spacial score (nSPS) is 11.4. The van der Waals surface area contributed by atoms with Gasteiger partial charge < -0.3 is 10.2 Å². The minimum atomic E-state index is -3.32. The lowest BCUT2D eigenvalue weighted by Crippen LogP contribution is -2.08. The maximum absolute atomic E-state index is 12.0. The van der Waals surface area contributed by atoms with Gasteiger partial charge in [0.25, 0.3) is 0 Å². The topological polar surface area (TPSA) is 75.2 Å². The predicted molar refractivity (Wildman–Crippen MR) is 122 cm³/mol. The van der Waals surface area contributed by atoms with E-state index < -0.39 is 9.84 Å². The molecule has 0 amide bonds. The van der Waals surface area contributed by atoms with Crippen molar-refractivity contribution in [2.75, 3.05) is 30.6 Å². The molecule has 0 saturated carbocycles. The molecule has 0 aliphatic heterocycles. The largest absolute Gasteiger partial charge is 0.378 e. The average molecular weight is 419 g/mol. The number of aromatic nitrogens is 2. The first kappa shape index (κ1) is 19.8. The SMILES string of the molecule is CN(C)c1ccc(Nc2nc(-c3cccc(S(C)(=O)=O)c3)nc3ccccc23)cc1. The summed E-state index contributed by atoms with van der Waals surface area (Å²) >= 11 is 0. The molecule has 0 radical (unpaired) electrons. The number of sulfone groups is 1. The maximum Gasteiger partial charge on any atom is 0.175 e. The van der Waals surface area contributed by atoms with Crippen LogP contribution in [-0.4, -0.2) is 38.7 Å². The molecule has 7 heteroatoms. The summed E-state index contributed by atoms with van der Waals surface area (Å²) in [5.74, 6) is 1.13. The number of nitrogens with zero attached hydrogens (tertiary/aromatic N) is 3. The lowest BCUT2D eigenvalue weighted by atomic mass is 10.1. The molecule has 0 atom stereocenters. The number of nitrogens with one attached hydrogen (secondary N) is 1. The van der Waals surface area contributed by atoms with Crippen LogP contribution in [0.15, 0.2) is 77.7 Å². The Labute approximate surface area is 176 Å². The number of rotatable bonds is 5. The van der Waals surface area contributed by atoms with Crippen LogP contribution < -0.4 is 10.2 Å². The summed E-state index contributed by atoms with van der Waals surface area (Å²) in [6.45, 7) is 0. The first-order valence-electron chi connectivity index (χ1n) is 9.43. The van der Waals surface area contributed by atoms with Crippen LogP contribution in [0.2, 0.25) is 0 Å². The fourth-order valence-corrected chi connectivity index (χ4v) is 3.81. The van der Waals surface area contributed by atoms with Crippen molar-refractivity contribution in [3.05, 3.63) is 72.8 Å². The van der Waals surface area contributed by atoms with Gasteiger partial charge in [-0.25, -0.2) is 18.4 Å². The third-order valence-electron chi connectivity index (χ3n) is 4.77. The summed E-state index contributed by atoms with van der Waals surface area (Å²) in [6.07, 6.45) is 1.19. The smallest absolute Gasteiger partial charge is 0.175 e. The Morgan fingerprint density at radius 3 is 2.30 bits per heavy atom. The van der Waals surface area contributed by atoms with E-state index in [9.17, 15) is 8.42 Å². The van der Waals surface area contributed by atoms with E-state index in [2.05, 4.69) is 10.3 Å². The molecule has 0 bridgehead atoms. The molecule has 0 aliphatic carbocycles. The molecule has 0 aliphatic rings. The number of para-hydroxylation sites is 1. The molecule has 3 aromatic carbocycles. The highest BCUT2D eigenvalue weighted by Gasteiger charge is 2.13. The minimum absolute atomic E-state index is 0.241. The van der Waals surface area contributed by atoms with Crippen LogP contribution in [0.3, 0.4) is 0 Å². The minimum Gasteiger partial charge on any atom is -0.378 e. The maximum atomic E-state index is 12.0. The Kier molecular flexibility index (Phi) is 5.13. The van der Waals surface area contributed by atoms with Gasteiger partial charge in [0.05, 0.1) is 10.4 Å². The molecule has 1 heterocycles. The van der Waals surface area contributed by atoms with Gasteiger partial charge in [-0.2, -0.15) is 0 Å². The van der Waals surface area contributed by atoms with Crippen molar-refractivity contribution >= 4 is 37.9 Å². The Morgan fingerprint density at radius 2 is 1.60 bits per heavy atom. The fourth-order valence-electron chi connectivity index (χ4n) is 3.15. The van der Waals surface area contributed by atoms with E-state index >= 15 is 0 Å². The quantitative estimate of drug-likeness (QED) is 0.514. The van der Waals surface area contributed by atoms with E-state index in [1.54, 1.807) is 18.2 Å². The van der Waals surface area contributed by atoms with E-state index in [1.165, 1.54) is 6.26 Å². The zero-order valence-corrected chi connectivity index (χ0v) is 17.8. The first-order chi connectivity index (χ1) is 14.3. The standard InChI is InChI=1S/C23H22N4O2S/c1-27(2)18-13-11-17(12-14-18)24-23-20-9-4-5-10-21(20)25-22(26-23)16-7-6-8-19(15-16)30(3,28)29/h4-15H,1-3H3,(H,24,25,26). The third kappa shape index (κ3) is 4.11. The van der Waals surface area contributed by atoms with E-state index in [0.29, 0.717) is 17.2 Å². The predicted octanol–water partition coefficient (Wildman–Crippen LogP) is 4.51. The zero-order valence-electron chi connectivity index (χ0n) is 17.0. The van der Waals surface area contributed by atoms with Gasteiger partial charge >= 0.3 is 0 Å². The molecule has 30 heavy (non-hydrogen) atoms. The number of fused-ring (bicyclic) bond motifs is 1. The van der Waals surface area contributed by atoms with Crippen molar-refractivity contribution < 1.29 is 8.42 Å². The second kappa shape index (κ2) is 7.76. The molecular weight excluding hydrogens is 396 g/mol. The van der Waals surface area contributed by atoms with E-state index in [-0.39, 0.29) is 4.90 Å². The van der Waals surface area contributed by atoms with Gasteiger partial charge in [-0.3, -0.25) is 0 Å². The van der Waals surface area contributed by atoms with Crippen molar-refractivity contribution in [2.45, 2.75) is 4.90 Å². The Morgan fingerprint density at radius 1 is 0.867 bits per heavy atom. The zero-order chi connectivity index (χ0) is 21.3. The molecule has 1 aromatic heterocycles. The molecule has 4 rings (SSSR count). The highest BCUT2D eigenvalue weighted by atomic mass is 32.2. The summed E-state index contributed by atoms with van der Waals surface area (Å²) in [5.41, 5.74) is 3.43. The van der Waals surface area contributed by atoms with Gasteiger partial charge in [-0.05, 0) is 48.5 Å². The van der Waals surface area contributed by atoms with Crippen LogP contribution in [-0.2, 0) is 9.84 Å². The monoisotopic (exact) mass is 418 g/mol. The van der Waals surface area contributed by atoms with E-state index in [1.807, 2.05) is 73.6 Å². The number of hydrogen-bond donors (Lipinski definition) is 1. The molecule has 0 fully saturated rings. The van der Waals surface area contributed by atoms with Crippen molar-refractivity contribution in [1.29, 1.82) is 0 Å². The summed E-state index contributed by atoms with van der Waals surface area (Å²) in [6, 6.07) is 22.5. The lowest BCUT2D eigenvalue weighted by molar-refractivity contribution is 0.602. The highest BCUT2D eigenvalue weighted by molar-refractivity contribution is 7.90. The van der Waals surface area contributed by atoms with Crippen molar-refractivity contribution in [3.8, 4) is 11.4 Å². The molecular formula is C23H22N4O2S. The Bertz CT molecular complexity index is 1320. The number of benzene rings is 3. The Balaban J connectivity index is 1.80. The van der Waals surface area contributed by atoms with Crippen LogP contribution in [0.1, 0.15) is 0 Å². The Hall–Kier alpha value is -3.45. The van der Waals surface area contributed by atoms with Gasteiger partial charge in [0.2, 0.25) is 0 Å². The van der Waals surface area contributed by atoms with Gasteiger partial charge in [0, 0.05) is 42.7 Å². The molecule has 0 spiro atoms. The molecule has 0 saturated heterocycles. The first-order valence-corrected chi connectivity index (χ1v) is 11.3. The van der Waals surface area contributed by atoms with Gasteiger partial charge in [0.15, 0.2) is 15.7 Å². The van der Waals surface area contributed by atoms with E-state index in [4.69, 9.17) is 4.98 Å². The van der Waals surface area contributed by atoms with Crippen LogP contribution in [0.25, 0.3) is 22.3 Å². The highest BCUT2D eigenvalue weighted by Crippen LogP contribution is 2.28. The average Bonchev–Trinajstić information content (AvgIpc) is 2.73. The second-order valence-electron chi connectivity index (χ2n) is 7.28. The van der Waals surface area contributed by atoms with Crippen molar-refractivity contribution in [2.24, 2.45) is 0 Å². The van der Waals surface area contributed by atoms with Crippen molar-refractivity contribution in [1.82, 2.24) is 9.97 Å². The molecule has 0 unspecified atom stereocenters. The third-order valence-corrected chi connectivity index (χ3v) is 5.88. The molecule has 6 nitrogen and oxygen atoms in total. The van der Waals surface area contributed by atoms with Crippen LogP contribution >= 0.6 is 0 Å².